The van der Waals surface area contributed by atoms with E-state index < -0.39 is 5.60 Å². The summed E-state index contributed by atoms with van der Waals surface area (Å²) in [5.41, 5.74) is 1.40. The number of hydrogen-bond acceptors (Lipinski definition) is 4. The summed E-state index contributed by atoms with van der Waals surface area (Å²) in [4.78, 5) is 2.59. The molecule has 0 radical (unpaired) electrons. The molecule has 3 aliphatic carbocycles. The van der Waals surface area contributed by atoms with Crippen LogP contribution in [-0.2, 0) is 11.8 Å². The van der Waals surface area contributed by atoms with Gasteiger partial charge in [-0.05, 0) is 68.5 Å². The molecule has 2 bridgehead atoms. The average Bonchev–Trinajstić information content (AvgIpc) is 3.32. The Hall–Kier alpha value is -1.26. The van der Waals surface area contributed by atoms with E-state index in [2.05, 4.69) is 17.9 Å². The highest BCUT2D eigenvalue weighted by molar-refractivity contribution is 5.62. The zero-order chi connectivity index (χ0) is 17.0. The minimum Gasteiger partial charge on any atom is -0.504 e. The molecule has 1 aromatic carbocycles. The molecule has 3 fully saturated rings. The summed E-state index contributed by atoms with van der Waals surface area (Å²) in [6, 6.07) is 4.06. The number of hydrogen-bond donors (Lipinski definition) is 2. The third kappa shape index (κ3) is 1.62. The van der Waals surface area contributed by atoms with Crippen LogP contribution >= 0.6 is 0 Å². The van der Waals surface area contributed by atoms with E-state index in [1.807, 2.05) is 0 Å². The molecule has 2 saturated carbocycles. The summed E-state index contributed by atoms with van der Waals surface area (Å²) in [5, 5.41) is 22.6. The lowest BCUT2D eigenvalue weighted by molar-refractivity contribution is -0.196. The molecule has 4 nitrogen and oxygen atoms in total. The highest BCUT2D eigenvalue weighted by atomic mass is 16.5. The van der Waals surface area contributed by atoms with Gasteiger partial charge in [-0.25, -0.2) is 0 Å². The van der Waals surface area contributed by atoms with Gasteiger partial charge in [0.2, 0.25) is 0 Å². The standard InChI is InChI=1S/C21H27NO3/c1-12-6-7-21(24)16-10-14-4-5-15(23)18-17(14)20(21,19(12)25-18)8-9-22(16)11-13-2-3-13/h4-5,12-13,16,19,23-24H,2-3,6-11H2,1H3/t12-,16-,19+,20+,21?/m1/s1. The van der Waals surface area contributed by atoms with Crippen LogP contribution in [0.25, 0.3) is 0 Å². The van der Waals surface area contributed by atoms with Crippen molar-refractivity contribution in [2.45, 2.75) is 68.6 Å². The Morgan fingerprint density at radius 2 is 2.08 bits per heavy atom. The van der Waals surface area contributed by atoms with Gasteiger partial charge in [0.15, 0.2) is 11.5 Å². The van der Waals surface area contributed by atoms with Crippen molar-refractivity contribution in [3.05, 3.63) is 23.3 Å². The van der Waals surface area contributed by atoms with Gasteiger partial charge in [0.25, 0.3) is 0 Å². The summed E-state index contributed by atoms with van der Waals surface area (Å²) in [6.45, 7) is 4.44. The second kappa shape index (κ2) is 4.52. The second-order valence-corrected chi connectivity index (χ2v) is 9.31. The largest absolute Gasteiger partial charge is 0.504 e. The first-order chi connectivity index (χ1) is 12.0. The normalized spacial score (nSPS) is 44.3. The summed E-state index contributed by atoms with van der Waals surface area (Å²) >= 11 is 0. The third-order valence-corrected chi connectivity index (χ3v) is 8.06. The molecule has 1 saturated heterocycles. The molecule has 6 rings (SSSR count). The first-order valence-corrected chi connectivity index (χ1v) is 10.0. The lowest BCUT2D eigenvalue weighted by atomic mass is 9.47. The first kappa shape index (κ1) is 14.9. The topological polar surface area (TPSA) is 52.9 Å². The molecule has 2 aliphatic heterocycles. The summed E-state index contributed by atoms with van der Waals surface area (Å²) < 4.78 is 6.39. The number of likely N-dealkylation sites (tertiary alicyclic amines) is 1. The number of aliphatic hydroxyl groups is 1. The van der Waals surface area contributed by atoms with Gasteiger partial charge in [0.1, 0.15) is 6.10 Å². The van der Waals surface area contributed by atoms with Crippen molar-refractivity contribution in [3.8, 4) is 11.5 Å². The predicted molar refractivity (Wildman–Crippen MR) is 94.0 cm³/mol. The van der Waals surface area contributed by atoms with Gasteiger partial charge in [-0.1, -0.05) is 13.0 Å². The molecule has 1 unspecified atom stereocenters. The molecule has 5 atom stereocenters. The Bertz CT molecular complexity index is 760. The lowest BCUT2D eigenvalue weighted by Crippen LogP contribution is -2.76. The van der Waals surface area contributed by atoms with Crippen LogP contribution in [0.5, 0.6) is 11.5 Å². The summed E-state index contributed by atoms with van der Waals surface area (Å²) in [5.74, 6) is 2.17. The third-order valence-electron chi connectivity index (χ3n) is 8.06. The van der Waals surface area contributed by atoms with Crippen LogP contribution in [0.2, 0.25) is 0 Å². The number of ether oxygens (including phenoxy) is 1. The molecule has 5 aliphatic rings. The van der Waals surface area contributed by atoms with Crippen molar-refractivity contribution in [3.63, 3.8) is 0 Å². The van der Waals surface area contributed by atoms with Gasteiger partial charge >= 0.3 is 0 Å². The lowest BCUT2D eigenvalue weighted by Gasteiger charge is -2.64. The molecule has 2 heterocycles. The van der Waals surface area contributed by atoms with Crippen LogP contribution in [-0.4, -0.2) is 45.9 Å². The summed E-state index contributed by atoms with van der Waals surface area (Å²) in [7, 11) is 0. The maximum absolute atomic E-state index is 12.1. The van der Waals surface area contributed by atoms with Crippen LogP contribution in [0.3, 0.4) is 0 Å². The van der Waals surface area contributed by atoms with E-state index in [1.54, 1.807) is 6.07 Å². The number of phenols is 1. The highest BCUT2D eigenvalue weighted by Gasteiger charge is 2.72. The van der Waals surface area contributed by atoms with Gasteiger partial charge in [-0.2, -0.15) is 0 Å². The molecule has 4 heteroatoms. The van der Waals surface area contributed by atoms with Crippen LogP contribution in [0.15, 0.2) is 12.1 Å². The molecule has 1 spiro atoms. The number of piperidine rings is 1. The SMILES string of the molecule is C[C@@H]1CCC2(O)[C@H]3Cc4ccc(O)c5c4[C@@]2(CCN3CC2CC2)[C@H]1O5. The Morgan fingerprint density at radius 1 is 1.24 bits per heavy atom. The number of benzene rings is 1. The van der Waals surface area contributed by atoms with Crippen LogP contribution in [0.4, 0.5) is 0 Å². The Labute approximate surface area is 148 Å². The Morgan fingerprint density at radius 3 is 2.88 bits per heavy atom. The number of nitrogens with zero attached hydrogens (tertiary/aromatic N) is 1. The number of rotatable bonds is 2. The minimum atomic E-state index is -0.719. The van der Waals surface area contributed by atoms with Crippen molar-refractivity contribution >= 4 is 0 Å². The predicted octanol–water partition coefficient (Wildman–Crippen LogP) is 2.59. The van der Waals surface area contributed by atoms with Crippen molar-refractivity contribution < 1.29 is 14.9 Å². The van der Waals surface area contributed by atoms with E-state index in [-0.39, 0.29) is 23.3 Å². The van der Waals surface area contributed by atoms with E-state index >= 15 is 0 Å². The molecule has 0 aromatic heterocycles. The highest BCUT2D eigenvalue weighted by Crippen LogP contribution is 2.66. The van der Waals surface area contributed by atoms with Crippen molar-refractivity contribution in [1.82, 2.24) is 4.90 Å². The van der Waals surface area contributed by atoms with Gasteiger partial charge < -0.3 is 14.9 Å². The number of phenolic OH excluding ortho intramolecular Hbond substituents is 1. The maximum Gasteiger partial charge on any atom is 0.165 e. The molecular weight excluding hydrogens is 314 g/mol. The minimum absolute atomic E-state index is 0.000764. The molecule has 2 N–H and O–H groups in total. The molecule has 1 aromatic rings. The van der Waals surface area contributed by atoms with Gasteiger partial charge in [-0.15, -0.1) is 0 Å². The summed E-state index contributed by atoms with van der Waals surface area (Å²) in [6.07, 6.45) is 6.39. The zero-order valence-corrected chi connectivity index (χ0v) is 14.9. The first-order valence-electron chi connectivity index (χ1n) is 10.0. The fourth-order valence-corrected chi connectivity index (χ4v) is 6.73. The van der Waals surface area contributed by atoms with Crippen molar-refractivity contribution in [2.24, 2.45) is 11.8 Å². The van der Waals surface area contributed by atoms with Crippen molar-refractivity contribution in [2.75, 3.05) is 13.1 Å². The molecule has 0 amide bonds. The van der Waals surface area contributed by atoms with E-state index in [9.17, 15) is 10.2 Å². The quantitative estimate of drug-likeness (QED) is 0.868. The van der Waals surface area contributed by atoms with Crippen molar-refractivity contribution in [1.29, 1.82) is 0 Å². The van der Waals surface area contributed by atoms with E-state index in [0.717, 1.165) is 50.3 Å². The van der Waals surface area contributed by atoms with E-state index in [4.69, 9.17) is 4.74 Å². The second-order valence-electron chi connectivity index (χ2n) is 9.31. The Kier molecular flexibility index (Phi) is 2.69. The smallest absolute Gasteiger partial charge is 0.165 e. The van der Waals surface area contributed by atoms with Gasteiger partial charge in [0, 0.05) is 18.2 Å². The molecular formula is C21H27NO3. The van der Waals surface area contributed by atoms with E-state index in [1.165, 1.54) is 18.4 Å². The van der Waals surface area contributed by atoms with Crippen LogP contribution < -0.4 is 4.74 Å². The zero-order valence-electron chi connectivity index (χ0n) is 14.9. The number of aromatic hydroxyl groups is 1. The molecule has 25 heavy (non-hydrogen) atoms. The maximum atomic E-state index is 12.1. The average molecular weight is 341 g/mol. The van der Waals surface area contributed by atoms with E-state index in [0.29, 0.717) is 11.7 Å². The van der Waals surface area contributed by atoms with Gasteiger partial charge in [0.05, 0.1) is 11.0 Å². The fraction of sp³-hybridized carbons (Fsp3) is 0.714. The van der Waals surface area contributed by atoms with Crippen LogP contribution in [0.1, 0.15) is 50.2 Å². The molecule has 134 valence electrons. The monoisotopic (exact) mass is 341 g/mol. The van der Waals surface area contributed by atoms with Crippen LogP contribution in [0, 0.1) is 11.8 Å². The Balaban J connectivity index is 1.57. The fourth-order valence-electron chi connectivity index (χ4n) is 6.73. The van der Waals surface area contributed by atoms with Gasteiger partial charge in [-0.3, -0.25) is 4.90 Å².